The van der Waals surface area contributed by atoms with Crippen LogP contribution in [0.4, 0.5) is 11.4 Å². The highest BCUT2D eigenvalue weighted by molar-refractivity contribution is 7.90. The maximum atomic E-state index is 11.2. The number of hydrogen-bond acceptors (Lipinski definition) is 4. The molecular formula is C13H22N2O2S. The molecule has 1 aromatic rings. The molecule has 102 valence electrons. The smallest absolute Gasteiger partial charge is 0.149 e. The van der Waals surface area contributed by atoms with Crippen molar-refractivity contribution in [1.82, 2.24) is 0 Å². The second kappa shape index (κ2) is 5.61. The molecule has 1 N–H and O–H groups in total. The van der Waals surface area contributed by atoms with Gasteiger partial charge in [0.05, 0.1) is 5.75 Å². The van der Waals surface area contributed by atoms with Gasteiger partial charge in [0, 0.05) is 37.8 Å². The van der Waals surface area contributed by atoms with E-state index in [2.05, 4.69) is 11.4 Å². The monoisotopic (exact) mass is 270 g/mol. The summed E-state index contributed by atoms with van der Waals surface area (Å²) in [5.74, 6) is 0.141. The summed E-state index contributed by atoms with van der Waals surface area (Å²) in [6, 6.07) is 5.99. The van der Waals surface area contributed by atoms with Gasteiger partial charge in [-0.15, -0.1) is 0 Å². The van der Waals surface area contributed by atoms with Crippen molar-refractivity contribution in [2.24, 2.45) is 0 Å². The third-order valence-corrected chi connectivity index (χ3v) is 3.79. The van der Waals surface area contributed by atoms with Crippen LogP contribution in [0.3, 0.4) is 0 Å². The van der Waals surface area contributed by atoms with Gasteiger partial charge in [-0.05, 0) is 37.6 Å². The van der Waals surface area contributed by atoms with E-state index in [0.717, 1.165) is 16.9 Å². The predicted octanol–water partition coefficient (Wildman–Crippen LogP) is 1.91. The third kappa shape index (κ3) is 4.56. The number of benzene rings is 1. The van der Waals surface area contributed by atoms with Gasteiger partial charge in [0.25, 0.3) is 0 Å². The Morgan fingerprint density at radius 1 is 1.33 bits per heavy atom. The molecule has 0 aliphatic rings. The van der Waals surface area contributed by atoms with Gasteiger partial charge in [0.2, 0.25) is 0 Å². The molecule has 0 aromatic heterocycles. The maximum Gasteiger partial charge on any atom is 0.149 e. The molecule has 18 heavy (non-hydrogen) atoms. The van der Waals surface area contributed by atoms with Crippen LogP contribution in [0.1, 0.15) is 12.5 Å². The van der Waals surface area contributed by atoms with Gasteiger partial charge in [-0.2, -0.15) is 0 Å². The van der Waals surface area contributed by atoms with Crippen LogP contribution < -0.4 is 10.2 Å². The Bertz CT molecular complexity index is 510. The summed E-state index contributed by atoms with van der Waals surface area (Å²) >= 11 is 0. The van der Waals surface area contributed by atoms with E-state index >= 15 is 0 Å². The first-order valence-corrected chi connectivity index (χ1v) is 7.97. The van der Waals surface area contributed by atoms with E-state index in [1.54, 1.807) is 0 Å². The quantitative estimate of drug-likeness (QED) is 0.888. The van der Waals surface area contributed by atoms with Crippen LogP contribution in [0, 0.1) is 6.92 Å². The minimum atomic E-state index is -2.95. The van der Waals surface area contributed by atoms with Gasteiger partial charge in [0.15, 0.2) is 0 Å². The van der Waals surface area contributed by atoms with Crippen molar-refractivity contribution in [3.8, 4) is 0 Å². The number of hydrogen-bond donors (Lipinski definition) is 1. The van der Waals surface area contributed by atoms with Crippen molar-refractivity contribution in [2.45, 2.75) is 19.9 Å². The average Bonchev–Trinajstić information content (AvgIpc) is 2.17. The van der Waals surface area contributed by atoms with Gasteiger partial charge in [-0.3, -0.25) is 0 Å². The van der Waals surface area contributed by atoms with E-state index in [1.165, 1.54) is 6.26 Å². The largest absolute Gasteiger partial charge is 0.381 e. The molecule has 0 heterocycles. The van der Waals surface area contributed by atoms with E-state index in [0.29, 0.717) is 0 Å². The van der Waals surface area contributed by atoms with E-state index < -0.39 is 9.84 Å². The Morgan fingerprint density at radius 3 is 2.39 bits per heavy atom. The van der Waals surface area contributed by atoms with E-state index in [9.17, 15) is 8.42 Å². The molecule has 4 nitrogen and oxygen atoms in total. The Kier molecular flexibility index (Phi) is 4.62. The standard InChI is InChI=1S/C13H22N2O2S/c1-10-8-12(15(3)4)6-7-13(10)14-11(2)9-18(5,16)17/h6-8,11,14H,9H2,1-5H3. The summed E-state index contributed by atoms with van der Waals surface area (Å²) < 4.78 is 22.4. The molecule has 1 atom stereocenters. The molecule has 1 unspecified atom stereocenters. The number of nitrogens with zero attached hydrogens (tertiary/aromatic N) is 1. The summed E-state index contributed by atoms with van der Waals surface area (Å²) in [4.78, 5) is 2.04. The van der Waals surface area contributed by atoms with Crippen LogP contribution in [0.15, 0.2) is 18.2 Å². The Morgan fingerprint density at radius 2 is 1.94 bits per heavy atom. The fourth-order valence-corrected chi connectivity index (χ4v) is 2.84. The van der Waals surface area contributed by atoms with Crippen molar-refractivity contribution in [2.75, 3.05) is 36.3 Å². The highest BCUT2D eigenvalue weighted by atomic mass is 32.2. The third-order valence-electron chi connectivity index (χ3n) is 2.68. The molecule has 0 saturated carbocycles. The summed E-state index contributed by atoms with van der Waals surface area (Å²) in [6.07, 6.45) is 1.26. The zero-order valence-corrected chi connectivity index (χ0v) is 12.5. The summed E-state index contributed by atoms with van der Waals surface area (Å²) in [5, 5.41) is 3.24. The zero-order valence-electron chi connectivity index (χ0n) is 11.7. The SMILES string of the molecule is Cc1cc(N(C)C)ccc1NC(C)CS(C)(=O)=O. The Balaban J connectivity index is 2.80. The molecule has 0 aliphatic heterocycles. The minimum absolute atomic E-state index is 0.0936. The highest BCUT2D eigenvalue weighted by Crippen LogP contribution is 2.22. The number of rotatable bonds is 5. The maximum absolute atomic E-state index is 11.2. The highest BCUT2D eigenvalue weighted by Gasteiger charge is 2.11. The van der Waals surface area contributed by atoms with Crippen LogP contribution in [0.5, 0.6) is 0 Å². The zero-order chi connectivity index (χ0) is 13.9. The molecule has 0 amide bonds. The Labute approximate surface area is 110 Å². The molecule has 0 bridgehead atoms. The molecular weight excluding hydrogens is 248 g/mol. The summed E-state index contributed by atoms with van der Waals surface area (Å²) in [5.41, 5.74) is 3.23. The van der Waals surface area contributed by atoms with Gasteiger partial charge in [0.1, 0.15) is 9.84 Å². The lowest BCUT2D eigenvalue weighted by Crippen LogP contribution is -2.25. The van der Waals surface area contributed by atoms with Crippen LogP contribution in [-0.4, -0.2) is 40.6 Å². The molecule has 0 aliphatic carbocycles. The number of aryl methyl sites for hydroxylation is 1. The van der Waals surface area contributed by atoms with E-state index in [1.807, 2.05) is 45.0 Å². The molecule has 0 spiro atoms. The van der Waals surface area contributed by atoms with Crippen LogP contribution in [-0.2, 0) is 9.84 Å². The van der Waals surface area contributed by atoms with Gasteiger partial charge < -0.3 is 10.2 Å². The molecule has 1 aromatic carbocycles. The van der Waals surface area contributed by atoms with Crippen molar-refractivity contribution in [1.29, 1.82) is 0 Å². The number of sulfone groups is 1. The first-order chi connectivity index (χ1) is 8.19. The van der Waals surface area contributed by atoms with Gasteiger partial charge >= 0.3 is 0 Å². The molecule has 5 heteroatoms. The van der Waals surface area contributed by atoms with Crippen LogP contribution in [0.25, 0.3) is 0 Å². The van der Waals surface area contributed by atoms with Crippen molar-refractivity contribution in [3.05, 3.63) is 23.8 Å². The average molecular weight is 270 g/mol. The number of nitrogens with one attached hydrogen (secondary N) is 1. The van der Waals surface area contributed by atoms with Crippen LogP contribution in [0.2, 0.25) is 0 Å². The minimum Gasteiger partial charge on any atom is -0.381 e. The van der Waals surface area contributed by atoms with Crippen LogP contribution >= 0.6 is 0 Å². The fraction of sp³-hybridized carbons (Fsp3) is 0.538. The van der Waals surface area contributed by atoms with E-state index in [-0.39, 0.29) is 11.8 Å². The normalized spacial score (nSPS) is 13.2. The topological polar surface area (TPSA) is 49.4 Å². The number of anilines is 2. The fourth-order valence-electron chi connectivity index (χ4n) is 1.85. The van der Waals surface area contributed by atoms with Crippen molar-refractivity contribution in [3.63, 3.8) is 0 Å². The first kappa shape index (κ1) is 14.8. The van der Waals surface area contributed by atoms with E-state index in [4.69, 9.17) is 0 Å². The lowest BCUT2D eigenvalue weighted by atomic mass is 10.1. The Hall–Kier alpha value is -1.23. The van der Waals surface area contributed by atoms with Crippen molar-refractivity contribution < 1.29 is 8.42 Å². The molecule has 1 rings (SSSR count). The lowest BCUT2D eigenvalue weighted by Gasteiger charge is -2.19. The predicted molar refractivity (Wildman–Crippen MR) is 78.3 cm³/mol. The van der Waals surface area contributed by atoms with Gasteiger partial charge in [-0.1, -0.05) is 0 Å². The lowest BCUT2D eigenvalue weighted by molar-refractivity contribution is 0.598. The van der Waals surface area contributed by atoms with Gasteiger partial charge in [-0.25, -0.2) is 8.42 Å². The second-order valence-electron chi connectivity index (χ2n) is 5.03. The second-order valence-corrected chi connectivity index (χ2v) is 7.22. The first-order valence-electron chi connectivity index (χ1n) is 5.91. The summed E-state index contributed by atoms with van der Waals surface area (Å²) in [7, 11) is 1.04. The molecule has 0 radical (unpaired) electrons. The molecule has 0 fully saturated rings. The summed E-state index contributed by atoms with van der Waals surface area (Å²) in [6.45, 7) is 3.89. The molecule has 0 saturated heterocycles. The van der Waals surface area contributed by atoms with Crippen molar-refractivity contribution >= 4 is 21.2 Å².